The number of amides is 2. The van der Waals surface area contributed by atoms with E-state index in [-0.39, 0.29) is 30.3 Å². The molecule has 38 heavy (non-hydrogen) atoms. The van der Waals surface area contributed by atoms with Gasteiger partial charge >= 0.3 is 0 Å². The fourth-order valence-electron chi connectivity index (χ4n) is 4.72. The maximum atomic E-state index is 13.6. The van der Waals surface area contributed by atoms with Gasteiger partial charge in [0.15, 0.2) is 0 Å². The Morgan fingerprint density at radius 1 is 1.05 bits per heavy atom. The molecule has 7 nitrogen and oxygen atoms in total. The van der Waals surface area contributed by atoms with Crippen LogP contribution in [0.4, 0.5) is 5.69 Å². The molecule has 3 aromatic carbocycles. The lowest BCUT2D eigenvalue weighted by Gasteiger charge is -2.36. The zero-order valence-electron chi connectivity index (χ0n) is 21.3. The molecule has 0 radical (unpaired) electrons. The lowest BCUT2D eigenvalue weighted by molar-refractivity contribution is -0.115. The molecule has 8 heteroatoms. The van der Waals surface area contributed by atoms with Gasteiger partial charge in [0.05, 0.1) is 25.2 Å². The Balaban J connectivity index is 1.52. The fourth-order valence-corrected chi connectivity index (χ4v) is 4.90. The largest absolute Gasteiger partial charge is 0.497 e. The first kappa shape index (κ1) is 27.2. The second-order valence-electron chi connectivity index (χ2n) is 9.57. The second kappa shape index (κ2) is 12.6. The number of carbonyl (C=O) groups excluding carboxylic acids is 2. The number of nitrogens with two attached hydrogens (primary N) is 1. The third-order valence-corrected chi connectivity index (χ3v) is 7.27. The van der Waals surface area contributed by atoms with Crippen molar-refractivity contribution in [3.8, 4) is 11.8 Å². The molecule has 0 heterocycles. The van der Waals surface area contributed by atoms with Gasteiger partial charge in [0, 0.05) is 34.9 Å². The van der Waals surface area contributed by atoms with Crippen molar-refractivity contribution in [3.05, 3.63) is 94.0 Å². The van der Waals surface area contributed by atoms with E-state index < -0.39 is 0 Å². The number of hydrogen-bond donors (Lipinski definition) is 2. The van der Waals surface area contributed by atoms with Crippen molar-refractivity contribution >= 4 is 29.1 Å². The van der Waals surface area contributed by atoms with Gasteiger partial charge in [-0.3, -0.25) is 9.59 Å². The first-order chi connectivity index (χ1) is 18.4. The molecule has 0 bridgehead atoms. The van der Waals surface area contributed by atoms with Gasteiger partial charge in [0.25, 0.3) is 5.91 Å². The summed E-state index contributed by atoms with van der Waals surface area (Å²) in [5.74, 6) is 0.451. The van der Waals surface area contributed by atoms with Crippen molar-refractivity contribution < 1.29 is 14.3 Å². The summed E-state index contributed by atoms with van der Waals surface area (Å²) in [5.41, 5.74) is 9.36. The molecule has 0 aliphatic heterocycles. The molecule has 0 atom stereocenters. The number of halogens is 1. The summed E-state index contributed by atoms with van der Waals surface area (Å²) in [6, 6.07) is 21.6. The van der Waals surface area contributed by atoms with E-state index in [9.17, 15) is 9.59 Å². The Morgan fingerprint density at radius 2 is 1.74 bits per heavy atom. The minimum Gasteiger partial charge on any atom is -0.497 e. The van der Waals surface area contributed by atoms with E-state index in [4.69, 9.17) is 27.3 Å². The monoisotopic (exact) mass is 530 g/mol. The quantitative estimate of drug-likeness (QED) is 0.410. The van der Waals surface area contributed by atoms with Crippen LogP contribution in [0.3, 0.4) is 0 Å². The van der Waals surface area contributed by atoms with E-state index >= 15 is 0 Å². The number of anilines is 1. The van der Waals surface area contributed by atoms with E-state index in [0.29, 0.717) is 28.4 Å². The molecule has 1 fully saturated rings. The third-order valence-electron chi connectivity index (χ3n) is 6.90. The standard InChI is InChI=1S/C30H31ClN4O3/c1-38-27-13-4-20(5-14-27)16-29(36)34-25-10-15-28(31)23(17-25)19-35(26-11-8-24(33)9-12-26)30(37)22-6-2-21(18-32)3-7-22/h2-7,10,13-15,17,24,26H,8-9,11-12,16,19,33H2,1H3,(H,34,36). The van der Waals surface area contributed by atoms with Gasteiger partial charge in [-0.05, 0) is 91.4 Å². The smallest absolute Gasteiger partial charge is 0.254 e. The average Bonchev–Trinajstić information content (AvgIpc) is 2.94. The maximum Gasteiger partial charge on any atom is 0.254 e. The lowest BCUT2D eigenvalue weighted by Crippen LogP contribution is -2.44. The Hall–Kier alpha value is -3.86. The van der Waals surface area contributed by atoms with Crippen LogP contribution in [-0.4, -0.2) is 35.9 Å². The number of nitrogens with one attached hydrogen (secondary N) is 1. The molecule has 2 amide bonds. The summed E-state index contributed by atoms with van der Waals surface area (Å²) in [7, 11) is 1.60. The molecular formula is C30H31ClN4O3. The highest BCUT2D eigenvalue weighted by molar-refractivity contribution is 6.31. The zero-order valence-corrected chi connectivity index (χ0v) is 22.1. The van der Waals surface area contributed by atoms with Gasteiger partial charge in [-0.15, -0.1) is 0 Å². The van der Waals surface area contributed by atoms with E-state index in [1.54, 1.807) is 43.5 Å². The third kappa shape index (κ3) is 6.91. The van der Waals surface area contributed by atoms with Crippen LogP contribution < -0.4 is 15.8 Å². The van der Waals surface area contributed by atoms with Crippen molar-refractivity contribution in [3.63, 3.8) is 0 Å². The van der Waals surface area contributed by atoms with E-state index in [0.717, 1.165) is 42.6 Å². The Bertz CT molecular complexity index is 1310. The number of ether oxygens (including phenoxy) is 1. The van der Waals surface area contributed by atoms with Gasteiger partial charge in [-0.1, -0.05) is 23.7 Å². The molecule has 0 saturated heterocycles. The van der Waals surface area contributed by atoms with E-state index in [2.05, 4.69) is 11.4 Å². The molecule has 4 rings (SSSR count). The fraction of sp³-hybridized carbons (Fsp3) is 0.300. The molecule has 1 saturated carbocycles. The molecule has 3 aromatic rings. The number of nitrogens with zero attached hydrogens (tertiary/aromatic N) is 2. The zero-order chi connectivity index (χ0) is 27.1. The summed E-state index contributed by atoms with van der Waals surface area (Å²) in [4.78, 5) is 28.2. The topological polar surface area (TPSA) is 108 Å². The second-order valence-corrected chi connectivity index (χ2v) is 9.98. The van der Waals surface area contributed by atoms with Gasteiger partial charge in [0.2, 0.25) is 5.91 Å². The number of rotatable bonds is 8. The van der Waals surface area contributed by atoms with Crippen LogP contribution in [0.15, 0.2) is 66.7 Å². The number of nitriles is 1. The summed E-state index contributed by atoms with van der Waals surface area (Å²) in [5, 5.41) is 12.6. The first-order valence-corrected chi connectivity index (χ1v) is 13.0. The molecule has 3 N–H and O–H groups in total. The first-order valence-electron chi connectivity index (χ1n) is 12.6. The predicted molar refractivity (Wildman–Crippen MR) is 148 cm³/mol. The van der Waals surface area contributed by atoms with Crippen LogP contribution in [0.5, 0.6) is 5.75 Å². The normalized spacial score (nSPS) is 16.8. The van der Waals surface area contributed by atoms with Crippen LogP contribution in [0.1, 0.15) is 52.7 Å². The number of methoxy groups -OCH3 is 1. The molecule has 1 aliphatic rings. The van der Waals surface area contributed by atoms with E-state index in [1.165, 1.54) is 0 Å². The summed E-state index contributed by atoms with van der Waals surface area (Å²) in [6.45, 7) is 0.291. The van der Waals surface area contributed by atoms with Gasteiger partial charge in [0.1, 0.15) is 5.75 Å². The van der Waals surface area contributed by atoms with Crippen LogP contribution in [0, 0.1) is 11.3 Å². The van der Waals surface area contributed by atoms with Crippen molar-refractivity contribution in [1.82, 2.24) is 4.90 Å². The number of benzene rings is 3. The molecule has 0 unspecified atom stereocenters. The van der Waals surface area contributed by atoms with Crippen molar-refractivity contribution in [1.29, 1.82) is 5.26 Å². The predicted octanol–water partition coefficient (Wildman–Crippen LogP) is 5.31. The number of hydrogen-bond acceptors (Lipinski definition) is 5. The highest BCUT2D eigenvalue weighted by Crippen LogP contribution is 2.29. The molecular weight excluding hydrogens is 500 g/mol. The Kier molecular flexibility index (Phi) is 9.01. The highest BCUT2D eigenvalue weighted by Gasteiger charge is 2.29. The summed E-state index contributed by atoms with van der Waals surface area (Å²) < 4.78 is 5.17. The van der Waals surface area contributed by atoms with Crippen molar-refractivity contribution in [2.75, 3.05) is 12.4 Å². The van der Waals surface area contributed by atoms with Crippen LogP contribution >= 0.6 is 11.6 Å². The highest BCUT2D eigenvalue weighted by atomic mass is 35.5. The lowest BCUT2D eigenvalue weighted by atomic mass is 9.90. The SMILES string of the molecule is COc1ccc(CC(=O)Nc2ccc(Cl)c(CN(C(=O)c3ccc(C#N)cc3)C3CCC(N)CC3)c2)cc1. The average molecular weight is 531 g/mol. The minimum atomic E-state index is -0.157. The maximum absolute atomic E-state index is 13.6. The Morgan fingerprint density at radius 3 is 2.37 bits per heavy atom. The molecule has 1 aliphatic carbocycles. The van der Waals surface area contributed by atoms with Crippen molar-refractivity contribution in [2.45, 2.75) is 50.7 Å². The summed E-state index contributed by atoms with van der Waals surface area (Å²) >= 11 is 6.57. The van der Waals surface area contributed by atoms with Crippen LogP contribution in [0.2, 0.25) is 5.02 Å². The Labute approximate surface area is 228 Å². The van der Waals surface area contributed by atoms with Crippen LogP contribution in [-0.2, 0) is 17.8 Å². The van der Waals surface area contributed by atoms with E-state index in [1.807, 2.05) is 35.2 Å². The number of carbonyl (C=O) groups is 2. The molecule has 0 aromatic heterocycles. The van der Waals surface area contributed by atoms with Crippen molar-refractivity contribution in [2.24, 2.45) is 5.73 Å². The molecule has 0 spiro atoms. The van der Waals surface area contributed by atoms with Crippen LogP contribution in [0.25, 0.3) is 0 Å². The molecule has 196 valence electrons. The van der Waals surface area contributed by atoms with Gasteiger partial charge < -0.3 is 20.7 Å². The van der Waals surface area contributed by atoms with Gasteiger partial charge in [-0.2, -0.15) is 5.26 Å². The minimum absolute atomic E-state index is 0.0160. The summed E-state index contributed by atoms with van der Waals surface area (Å²) in [6.07, 6.45) is 3.51. The van der Waals surface area contributed by atoms with Gasteiger partial charge in [-0.25, -0.2) is 0 Å².